The van der Waals surface area contributed by atoms with Crippen LogP contribution in [0.4, 0.5) is 0 Å². The van der Waals surface area contributed by atoms with Crippen LogP contribution in [0.2, 0.25) is 0 Å². The predicted octanol–water partition coefficient (Wildman–Crippen LogP) is 2.17. The standard InChI is InChI=1S/C16H11BO2/c18-17(19)14-9-8-10-4-3-7-12-11-5-1-2-6-13(11)16(14)15(10)12/h1-9,18-19H. The molecule has 3 aromatic carbocycles. The fraction of sp³-hybridized carbons (Fsp3) is 0. The Morgan fingerprint density at radius 2 is 1.42 bits per heavy atom. The highest BCUT2D eigenvalue weighted by molar-refractivity contribution is 6.61. The molecule has 1 aliphatic rings. The number of hydrogen-bond donors (Lipinski definition) is 2. The van der Waals surface area contributed by atoms with Crippen molar-refractivity contribution in [3.63, 3.8) is 0 Å². The maximum atomic E-state index is 9.60. The van der Waals surface area contributed by atoms with E-state index in [4.69, 9.17) is 0 Å². The van der Waals surface area contributed by atoms with Gasteiger partial charge in [0.2, 0.25) is 0 Å². The first kappa shape index (κ1) is 10.8. The second-order valence-electron chi connectivity index (χ2n) is 4.85. The van der Waals surface area contributed by atoms with Gasteiger partial charge in [-0.1, -0.05) is 54.6 Å². The normalized spacial score (nSPS) is 11.7. The first-order valence-electron chi connectivity index (χ1n) is 6.29. The van der Waals surface area contributed by atoms with E-state index in [0.717, 1.165) is 27.5 Å². The average Bonchev–Trinajstić information content (AvgIpc) is 2.77. The number of benzene rings is 3. The van der Waals surface area contributed by atoms with Gasteiger partial charge in [-0.2, -0.15) is 0 Å². The minimum atomic E-state index is -1.45. The van der Waals surface area contributed by atoms with Crippen LogP contribution in [0, 0.1) is 0 Å². The molecular weight excluding hydrogens is 235 g/mol. The Hall–Kier alpha value is -2.10. The van der Waals surface area contributed by atoms with Crippen LogP contribution in [-0.2, 0) is 0 Å². The van der Waals surface area contributed by atoms with Gasteiger partial charge >= 0.3 is 7.12 Å². The molecule has 2 nitrogen and oxygen atoms in total. The summed E-state index contributed by atoms with van der Waals surface area (Å²) in [5, 5.41) is 21.5. The van der Waals surface area contributed by atoms with Crippen molar-refractivity contribution in [3.05, 3.63) is 54.6 Å². The monoisotopic (exact) mass is 246 g/mol. The zero-order valence-electron chi connectivity index (χ0n) is 10.2. The van der Waals surface area contributed by atoms with Crippen molar-refractivity contribution in [2.45, 2.75) is 0 Å². The highest BCUT2D eigenvalue weighted by Crippen LogP contribution is 2.45. The molecule has 0 saturated carbocycles. The Labute approximate surface area is 111 Å². The van der Waals surface area contributed by atoms with Crippen LogP contribution < -0.4 is 5.46 Å². The SMILES string of the molecule is OB(O)c1ccc2cccc3c2c1-c1ccccc1-3. The third-order valence-electron chi connectivity index (χ3n) is 3.84. The van der Waals surface area contributed by atoms with Crippen molar-refractivity contribution in [2.75, 3.05) is 0 Å². The second kappa shape index (κ2) is 3.70. The van der Waals surface area contributed by atoms with E-state index in [1.807, 2.05) is 30.3 Å². The summed E-state index contributed by atoms with van der Waals surface area (Å²) in [7, 11) is -1.45. The van der Waals surface area contributed by atoms with E-state index in [9.17, 15) is 10.0 Å². The van der Waals surface area contributed by atoms with Gasteiger partial charge in [-0.25, -0.2) is 0 Å². The lowest BCUT2D eigenvalue weighted by molar-refractivity contribution is 0.426. The van der Waals surface area contributed by atoms with Crippen LogP contribution in [0.3, 0.4) is 0 Å². The minimum Gasteiger partial charge on any atom is -0.423 e. The van der Waals surface area contributed by atoms with E-state index < -0.39 is 7.12 Å². The van der Waals surface area contributed by atoms with Crippen molar-refractivity contribution in [2.24, 2.45) is 0 Å². The first-order valence-corrected chi connectivity index (χ1v) is 6.29. The highest BCUT2D eigenvalue weighted by Gasteiger charge is 2.27. The molecule has 0 unspecified atom stereocenters. The van der Waals surface area contributed by atoms with Crippen LogP contribution in [0.25, 0.3) is 33.0 Å². The molecule has 0 aromatic heterocycles. The Bertz CT molecular complexity index is 809. The van der Waals surface area contributed by atoms with Crippen molar-refractivity contribution >= 4 is 23.4 Å². The molecule has 2 N–H and O–H groups in total. The summed E-state index contributed by atoms with van der Waals surface area (Å²) in [5.74, 6) is 0. The van der Waals surface area contributed by atoms with Gasteiger partial charge in [-0.15, -0.1) is 0 Å². The van der Waals surface area contributed by atoms with Crippen molar-refractivity contribution in [1.82, 2.24) is 0 Å². The third kappa shape index (κ3) is 1.34. The Morgan fingerprint density at radius 1 is 0.684 bits per heavy atom. The van der Waals surface area contributed by atoms with Gasteiger partial charge < -0.3 is 10.0 Å². The Morgan fingerprint density at radius 3 is 2.21 bits per heavy atom. The summed E-state index contributed by atoms with van der Waals surface area (Å²) in [6, 6.07) is 18.0. The molecule has 3 aromatic rings. The highest BCUT2D eigenvalue weighted by atomic mass is 16.4. The molecule has 0 amide bonds. The largest absolute Gasteiger partial charge is 0.489 e. The number of hydrogen-bond acceptors (Lipinski definition) is 2. The molecule has 0 spiro atoms. The predicted molar refractivity (Wildman–Crippen MR) is 78.2 cm³/mol. The average molecular weight is 246 g/mol. The van der Waals surface area contributed by atoms with E-state index in [2.05, 4.69) is 18.2 Å². The van der Waals surface area contributed by atoms with Crippen molar-refractivity contribution in [1.29, 1.82) is 0 Å². The zero-order chi connectivity index (χ0) is 13.0. The van der Waals surface area contributed by atoms with Crippen molar-refractivity contribution < 1.29 is 10.0 Å². The molecule has 90 valence electrons. The van der Waals surface area contributed by atoms with Crippen LogP contribution in [0.5, 0.6) is 0 Å². The molecule has 0 fully saturated rings. The molecule has 0 bridgehead atoms. The molecule has 3 heteroatoms. The van der Waals surface area contributed by atoms with Crippen LogP contribution in [0.1, 0.15) is 0 Å². The Kier molecular flexibility index (Phi) is 2.10. The summed E-state index contributed by atoms with van der Waals surface area (Å²) < 4.78 is 0. The third-order valence-corrected chi connectivity index (χ3v) is 3.84. The molecule has 19 heavy (non-hydrogen) atoms. The van der Waals surface area contributed by atoms with Crippen LogP contribution in [0.15, 0.2) is 54.6 Å². The topological polar surface area (TPSA) is 40.5 Å². The van der Waals surface area contributed by atoms with E-state index in [1.54, 1.807) is 6.07 Å². The van der Waals surface area contributed by atoms with Crippen LogP contribution in [-0.4, -0.2) is 17.2 Å². The van der Waals surface area contributed by atoms with E-state index >= 15 is 0 Å². The Balaban J connectivity index is 2.25. The summed E-state index contributed by atoms with van der Waals surface area (Å²) >= 11 is 0. The lowest BCUT2D eigenvalue weighted by Crippen LogP contribution is -2.31. The summed E-state index contributed by atoms with van der Waals surface area (Å²) in [5.41, 5.74) is 4.95. The van der Waals surface area contributed by atoms with Gasteiger partial charge in [-0.3, -0.25) is 0 Å². The second-order valence-corrected chi connectivity index (χ2v) is 4.85. The van der Waals surface area contributed by atoms with E-state index in [1.165, 1.54) is 5.56 Å². The number of rotatable bonds is 1. The first-order chi connectivity index (χ1) is 9.27. The van der Waals surface area contributed by atoms with E-state index in [-0.39, 0.29) is 0 Å². The molecule has 0 radical (unpaired) electrons. The fourth-order valence-corrected chi connectivity index (χ4v) is 3.06. The summed E-state index contributed by atoms with van der Waals surface area (Å²) in [4.78, 5) is 0. The molecule has 1 aliphatic carbocycles. The van der Waals surface area contributed by atoms with Gasteiger partial charge in [-0.05, 0) is 38.5 Å². The lowest BCUT2D eigenvalue weighted by Gasteiger charge is -2.09. The number of fused-ring (bicyclic) bond motifs is 3. The zero-order valence-corrected chi connectivity index (χ0v) is 10.2. The lowest BCUT2D eigenvalue weighted by atomic mass is 9.75. The molecular formula is C16H11BO2. The summed E-state index contributed by atoms with van der Waals surface area (Å²) in [6.45, 7) is 0. The maximum Gasteiger partial charge on any atom is 0.489 e. The maximum absolute atomic E-state index is 9.60. The molecule has 0 saturated heterocycles. The van der Waals surface area contributed by atoms with Gasteiger partial charge in [0.05, 0.1) is 0 Å². The molecule has 0 aliphatic heterocycles. The van der Waals surface area contributed by atoms with Crippen molar-refractivity contribution in [3.8, 4) is 22.3 Å². The fourth-order valence-electron chi connectivity index (χ4n) is 3.06. The molecule has 0 heterocycles. The van der Waals surface area contributed by atoms with Gasteiger partial charge in [0.1, 0.15) is 0 Å². The quantitative estimate of drug-likeness (QED) is 0.505. The molecule has 0 atom stereocenters. The van der Waals surface area contributed by atoms with Crippen LogP contribution >= 0.6 is 0 Å². The molecule has 4 rings (SSSR count). The summed E-state index contributed by atoms with van der Waals surface area (Å²) in [6.07, 6.45) is 0. The smallest absolute Gasteiger partial charge is 0.423 e. The minimum absolute atomic E-state index is 0.574. The van der Waals surface area contributed by atoms with Gasteiger partial charge in [0.25, 0.3) is 0 Å². The van der Waals surface area contributed by atoms with E-state index in [0.29, 0.717) is 5.46 Å². The van der Waals surface area contributed by atoms with Gasteiger partial charge in [0, 0.05) is 0 Å². The van der Waals surface area contributed by atoms with Gasteiger partial charge in [0.15, 0.2) is 0 Å².